The average molecular weight is 411 g/mol. The van der Waals surface area contributed by atoms with Gasteiger partial charge in [-0.1, -0.05) is 0 Å². The number of nitrogens with zero attached hydrogens (tertiary/aromatic N) is 3. The van der Waals surface area contributed by atoms with Gasteiger partial charge in [0.25, 0.3) is 12.1 Å². The quantitative estimate of drug-likeness (QED) is 0.553. The second-order valence-corrected chi connectivity index (χ2v) is 6.14. The van der Waals surface area contributed by atoms with Gasteiger partial charge in [-0.3, -0.25) is 15.1 Å². The van der Waals surface area contributed by atoms with Crippen LogP contribution in [-0.4, -0.2) is 42.5 Å². The maximum Gasteiger partial charge on any atom is 0.291 e. The van der Waals surface area contributed by atoms with Crippen molar-refractivity contribution in [1.29, 1.82) is 0 Å². The van der Waals surface area contributed by atoms with Gasteiger partial charge in [0.2, 0.25) is 0 Å². The number of anilines is 2. The zero-order valence-electron chi connectivity index (χ0n) is 15.1. The van der Waals surface area contributed by atoms with E-state index in [1.807, 2.05) is 0 Å². The lowest BCUT2D eigenvalue weighted by Crippen LogP contribution is -2.45. The van der Waals surface area contributed by atoms with Gasteiger partial charge in [0.1, 0.15) is 24.5 Å². The maximum absolute atomic E-state index is 14.5. The van der Waals surface area contributed by atoms with Gasteiger partial charge >= 0.3 is 0 Å². The summed E-state index contributed by atoms with van der Waals surface area (Å²) in [6, 6.07) is 4.55. The van der Waals surface area contributed by atoms with Crippen molar-refractivity contribution in [3.8, 4) is 5.75 Å². The van der Waals surface area contributed by atoms with Gasteiger partial charge < -0.3 is 20.5 Å². The zero-order chi connectivity index (χ0) is 21.2. The molecule has 9 nitrogen and oxygen atoms in total. The van der Waals surface area contributed by atoms with Crippen LogP contribution in [0.4, 0.5) is 30.4 Å². The molecule has 0 radical (unpaired) electrons. The highest BCUT2D eigenvalue weighted by molar-refractivity contribution is 5.82. The number of ether oxygens (including phenoxy) is 2. The number of hydrogen-bond acceptors (Lipinski definition) is 8. The highest BCUT2D eigenvalue weighted by Gasteiger charge is 2.46. The molecule has 2 heterocycles. The molecule has 3 N–H and O–H groups in total. The summed E-state index contributed by atoms with van der Waals surface area (Å²) < 4.78 is 52.4. The first-order valence-electron chi connectivity index (χ1n) is 8.22. The highest BCUT2D eigenvalue weighted by atomic mass is 19.3. The molecule has 1 aromatic carbocycles. The number of nitrogens with one attached hydrogen (secondary N) is 1. The van der Waals surface area contributed by atoms with Crippen LogP contribution in [0.1, 0.15) is 5.56 Å². The Labute approximate surface area is 162 Å². The standard InChI is InChI=1S/C17H16F3N5O4/c1-28-13-5-10(25(26)27)6-22-15(13)23-9-2-3-12(18)11(4-9)17(16(19)20)8-29-7-14(21)24-17/h2-6,16H,7-8H2,1H3,(H2,21,24)(H,22,23). The minimum atomic E-state index is -3.09. The third kappa shape index (κ3) is 3.92. The lowest BCUT2D eigenvalue weighted by Gasteiger charge is -2.33. The third-order valence-electron chi connectivity index (χ3n) is 4.24. The van der Waals surface area contributed by atoms with E-state index in [1.54, 1.807) is 0 Å². The largest absolute Gasteiger partial charge is 0.493 e. The van der Waals surface area contributed by atoms with E-state index in [1.165, 1.54) is 13.2 Å². The number of pyridine rings is 1. The van der Waals surface area contributed by atoms with E-state index in [-0.39, 0.29) is 35.4 Å². The Balaban J connectivity index is 2.02. The summed E-state index contributed by atoms with van der Waals surface area (Å²) in [5.74, 6) is -0.976. The molecule has 3 rings (SSSR count). The van der Waals surface area contributed by atoms with Gasteiger partial charge in [-0.25, -0.2) is 18.2 Å². The van der Waals surface area contributed by atoms with Gasteiger partial charge in [-0.2, -0.15) is 0 Å². The van der Waals surface area contributed by atoms with Gasteiger partial charge in [0.15, 0.2) is 17.1 Å². The summed E-state index contributed by atoms with van der Waals surface area (Å²) in [6.45, 7) is -0.678. The van der Waals surface area contributed by atoms with E-state index in [0.717, 1.165) is 24.4 Å². The fourth-order valence-electron chi connectivity index (χ4n) is 2.85. The molecule has 29 heavy (non-hydrogen) atoms. The Kier molecular flexibility index (Phi) is 5.55. The van der Waals surface area contributed by atoms with Crippen molar-refractivity contribution in [2.45, 2.75) is 12.0 Å². The van der Waals surface area contributed by atoms with Crippen LogP contribution in [0.5, 0.6) is 5.75 Å². The Hall–Kier alpha value is -3.41. The molecule has 12 heteroatoms. The summed E-state index contributed by atoms with van der Waals surface area (Å²) in [7, 11) is 1.28. The minimum absolute atomic E-state index is 0.0388. The fourth-order valence-corrected chi connectivity index (χ4v) is 2.85. The second kappa shape index (κ2) is 7.91. The van der Waals surface area contributed by atoms with Crippen LogP contribution in [0.25, 0.3) is 0 Å². The van der Waals surface area contributed by atoms with E-state index in [4.69, 9.17) is 15.2 Å². The third-order valence-corrected chi connectivity index (χ3v) is 4.24. The normalized spacial score (nSPS) is 19.0. The van der Waals surface area contributed by atoms with Crippen molar-refractivity contribution in [2.24, 2.45) is 10.7 Å². The molecule has 1 atom stereocenters. The lowest BCUT2D eigenvalue weighted by molar-refractivity contribution is -0.385. The van der Waals surface area contributed by atoms with Gasteiger partial charge in [0, 0.05) is 11.3 Å². The number of alkyl halides is 2. The van der Waals surface area contributed by atoms with Crippen LogP contribution in [0.2, 0.25) is 0 Å². The second-order valence-electron chi connectivity index (χ2n) is 6.14. The van der Waals surface area contributed by atoms with Crippen LogP contribution in [0.15, 0.2) is 35.5 Å². The Morgan fingerprint density at radius 3 is 2.79 bits per heavy atom. The monoisotopic (exact) mass is 411 g/mol. The molecule has 0 fully saturated rings. The molecule has 2 aromatic rings. The average Bonchev–Trinajstić information content (AvgIpc) is 2.69. The summed E-state index contributed by atoms with van der Waals surface area (Å²) in [4.78, 5) is 17.9. The number of aromatic nitrogens is 1. The van der Waals surface area contributed by atoms with E-state index < -0.39 is 34.9 Å². The van der Waals surface area contributed by atoms with Crippen LogP contribution >= 0.6 is 0 Å². The van der Waals surface area contributed by atoms with Crippen molar-refractivity contribution in [1.82, 2.24) is 4.98 Å². The van der Waals surface area contributed by atoms with E-state index in [9.17, 15) is 23.3 Å². The molecule has 154 valence electrons. The Bertz CT molecular complexity index is 972. The molecule has 0 aliphatic carbocycles. The Morgan fingerprint density at radius 1 is 1.41 bits per heavy atom. The first-order valence-corrected chi connectivity index (χ1v) is 8.22. The summed E-state index contributed by atoms with van der Waals surface area (Å²) >= 11 is 0. The molecule has 0 saturated heterocycles. The lowest BCUT2D eigenvalue weighted by atomic mass is 9.90. The Morgan fingerprint density at radius 2 is 2.17 bits per heavy atom. The van der Waals surface area contributed by atoms with Crippen molar-refractivity contribution in [2.75, 3.05) is 25.6 Å². The predicted molar refractivity (Wildman–Crippen MR) is 97.2 cm³/mol. The van der Waals surface area contributed by atoms with Crippen molar-refractivity contribution in [3.63, 3.8) is 0 Å². The molecule has 1 aliphatic rings. The first kappa shape index (κ1) is 20.3. The van der Waals surface area contributed by atoms with E-state index in [2.05, 4.69) is 15.3 Å². The number of nitro groups is 1. The van der Waals surface area contributed by atoms with Gasteiger partial charge in [-0.15, -0.1) is 0 Å². The molecule has 1 aliphatic heterocycles. The maximum atomic E-state index is 14.5. The predicted octanol–water partition coefficient (Wildman–Crippen LogP) is 2.73. The molecule has 1 aromatic heterocycles. The number of nitrogens with two attached hydrogens (primary N) is 1. The van der Waals surface area contributed by atoms with Crippen LogP contribution in [0, 0.1) is 15.9 Å². The molecule has 0 spiro atoms. The first-order chi connectivity index (χ1) is 13.8. The summed E-state index contributed by atoms with van der Waals surface area (Å²) in [5.41, 5.74) is 2.72. The molecular weight excluding hydrogens is 395 g/mol. The molecule has 0 saturated carbocycles. The molecule has 0 amide bonds. The smallest absolute Gasteiger partial charge is 0.291 e. The fraction of sp³-hybridized carbons (Fsp3) is 0.294. The van der Waals surface area contributed by atoms with E-state index >= 15 is 0 Å². The number of halogens is 3. The van der Waals surface area contributed by atoms with Gasteiger partial charge in [-0.05, 0) is 18.2 Å². The van der Waals surface area contributed by atoms with Crippen LogP contribution < -0.4 is 15.8 Å². The van der Waals surface area contributed by atoms with Crippen molar-refractivity contribution < 1.29 is 27.6 Å². The summed E-state index contributed by atoms with van der Waals surface area (Å²) in [5, 5.41) is 13.6. The molecule has 1 unspecified atom stereocenters. The van der Waals surface area contributed by atoms with Gasteiger partial charge in [0.05, 0.1) is 24.7 Å². The highest BCUT2D eigenvalue weighted by Crippen LogP contribution is 2.38. The number of aliphatic imine (C=N–C) groups is 1. The zero-order valence-corrected chi connectivity index (χ0v) is 15.1. The summed E-state index contributed by atoms with van der Waals surface area (Å²) in [6.07, 6.45) is -2.09. The number of benzene rings is 1. The number of rotatable bonds is 6. The van der Waals surface area contributed by atoms with Crippen molar-refractivity contribution in [3.05, 3.63) is 52.0 Å². The van der Waals surface area contributed by atoms with Crippen LogP contribution in [0.3, 0.4) is 0 Å². The van der Waals surface area contributed by atoms with E-state index in [0.29, 0.717) is 0 Å². The number of hydrogen-bond donors (Lipinski definition) is 2. The topological polar surface area (TPSA) is 125 Å². The SMILES string of the molecule is COc1cc([N+](=O)[O-])cnc1Nc1ccc(F)c(C2(C(F)F)COCC(N)=N2)c1. The molecule has 0 bridgehead atoms. The number of methoxy groups -OCH3 is 1. The van der Waals surface area contributed by atoms with Crippen LogP contribution in [-0.2, 0) is 10.3 Å². The number of amidine groups is 1. The minimum Gasteiger partial charge on any atom is -0.493 e. The van der Waals surface area contributed by atoms with Crippen molar-refractivity contribution >= 4 is 23.0 Å². The molecular formula is C17H16F3N5O4.